The summed E-state index contributed by atoms with van der Waals surface area (Å²) in [5, 5.41) is 0. The highest BCUT2D eigenvalue weighted by Crippen LogP contribution is 2.29. The van der Waals surface area contributed by atoms with Crippen LogP contribution < -0.4 is 14.2 Å². The average molecular weight is 603 g/mol. The van der Waals surface area contributed by atoms with E-state index in [1.165, 1.54) is 20.3 Å². The van der Waals surface area contributed by atoms with E-state index in [4.69, 9.17) is 27.5 Å². The van der Waals surface area contributed by atoms with Crippen LogP contribution in [0.3, 0.4) is 0 Å². The first-order valence-electron chi connectivity index (χ1n) is 14.7. The standard InChI is InChI=1S/C32H46O9Si/c1-6-38-42(39-7-2,40-8-3)24-14-12-10-9-11-13-23-37-28-19-17-27(18-20-28)32(34)41-29-21-15-26(25-30(29)35-4)16-22-31(33)36-5/h15-22,25H,6-14,23-24H2,1-5H3/b22-16+. The van der Waals surface area contributed by atoms with Gasteiger partial charge in [-0.1, -0.05) is 31.7 Å². The largest absolute Gasteiger partial charge is 0.500 e. The molecule has 0 saturated heterocycles. The Morgan fingerprint density at radius 3 is 1.98 bits per heavy atom. The molecule has 0 aromatic heterocycles. The first-order chi connectivity index (χ1) is 20.4. The van der Waals surface area contributed by atoms with Crippen molar-refractivity contribution < 1.29 is 41.8 Å². The molecule has 0 aliphatic carbocycles. The van der Waals surface area contributed by atoms with Crippen molar-refractivity contribution in [1.82, 2.24) is 0 Å². The van der Waals surface area contributed by atoms with Crippen molar-refractivity contribution in [3.8, 4) is 17.2 Å². The number of ether oxygens (including phenoxy) is 4. The number of rotatable bonds is 21. The van der Waals surface area contributed by atoms with E-state index in [1.54, 1.807) is 48.5 Å². The Morgan fingerprint density at radius 1 is 0.762 bits per heavy atom. The van der Waals surface area contributed by atoms with Gasteiger partial charge in [0.05, 0.1) is 26.4 Å². The van der Waals surface area contributed by atoms with E-state index in [0.29, 0.717) is 49.1 Å². The molecule has 2 aromatic rings. The summed E-state index contributed by atoms with van der Waals surface area (Å²) in [5.41, 5.74) is 1.09. The lowest BCUT2D eigenvalue weighted by atomic mass is 10.1. The van der Waals surface area contributed by atoms with E-state index >= 15 is 0 Å². The molecule has 0 atom stereocenters. The summed E-state index contributed by atoms with van der Waals surface area (Å²) >= 11 is 0. The smallest absolute Gasteiger partial charge is 0.494 e. The Balaban J connectivity index is 1.71. The zero-order valence-corrected chi connectivity index (χ0v) is 26.6. The van der Waals surface area contributed by atoms with Crippen LogP contribution in [-0.2, 0) is 22.8 Å². The van der Waals surface area contributed by atoms with Crippen molar-refractivity contribution in [3.63, 3.8) is 0 Å². The van der Waals surface area contributed by atoms with Gasteiger partial charge >= 0.3 is 20.7 Å². The zero-order valence-electron chi connectivity index (χ0n) is 25.6. The molecule has 9 nitrogen and oxygen atoms in total. The van der Waals surface area contributed by atoms with Crippen molar-refractivity contribution in [1.29, 1.82) is 0 Å². The molecule has 0 spiro atoms. The van der Waals surface area contributed by atoms with Crippen molar-refractivity contribution >= 4 is 26.8 Å². The predicted molar refractivity (Wildman–Crippen MR) is 164 cm³/mol. The van der Waals surface area contributed by atoms with E-state index in [1.807, 2.05) is 20.8 Å². The molecule has 0 aliphatic heterocycles. The van der Waals surface area contributed by atoms with Gasteiger partial charge < -0.3 is 32.2 Å². The molecule has 10 heteroatoms. The van der Waals surface area contributed by atoms with Gasteiger partial charge in [-0.3, -0.25) is 0 Å². The van der Waals surface area contributed by atoms with Gasteiger partial charge in [0.15, 0.2) is 11.5 Å². The minimum Gasteiger partial charge on any atom is -0.494 e. The number of carbonyl (C=O) groups excluding carboxylic acids is 2. The molecule has 232 valence electrons. The fourth-order valence-corrected chi connectivity index (χ4v) is 6.98. The molecule has 0 fully saturated rings. The molecule has 0 radical (unpaired) electrons. The van der Waals surface area contributed by atoms with E-state index in [-0.39, 0.29) is 5.75 Å². The molecule has 0 saturated carbocycles. The van der Waals surface area contributed by atoms with Gasteiger partial charge in [0.2, 0.25) is 0 Å². The minimum atomic E-state index is -2.53. The van der Waals surface area contributed by atoms with E-state index in [9.17, 15) is 9.59 Å². The minimum absolute atomic E-state index is 0.275. The van der Waals surface area contributed by atoms with Crippen molar-refractivity contribution in [3.05, 3.63) is 59.7 Å². The van der Waals surface area contributed by atoms with Crippen LogP contribution >= 0.6 is 0 Å². The molecule has 0 aliphatic rings. The van der Waals surface area contributed by atoms with Gasteiger partial charge in [-0.05, 0) is 81.7 Å². The lowest BCUT2D eigenvalue weighted by Gasteiger charge is -2.28. The zero-order chi connectivity index (χ0) is 30.6. The summed E-state index contributed by atoms with van der Waals surface area (Å²) in [6, 6.07) is 12.7. The summed E-state index contributed by atoms with van der Waals surface area (Å²) in [7, 11) is 0.259. The third kappa shape index (κ3) is 12.4. The molecule has 0 heterocycles. The van der Waals surface area contributed by atoms with Gasteiger partial charge in [-0.2, -0.15) is 0 Å². The highest BCUT2D eigenvalue weighted by molar-refractivity contribution is 6.60. The maximum absolute atomic E-state index is 12.7. The fourth-order valence-electron chi connectivity index (χ4n) is 4.29. The summed E-state index contributed by atoms with van der Waals surface area (Å²) in [5.74, 6) is 0.367. The number of hydrogen-bond acceptors (Lipinski definition) is 9. The van der Waals surface area contributed by atoms with E-state index in [2.05, 4.69) is 4.74 Å². The molecule has 42 heavy (non-hydrogen) atoms. The Hall–Kier alpha value is -3.18. The first-order valence-corrected chi connectivity index (χ1v) is 16.6. The van der Waals surface area contributed by atoms with Crippen molar-refractivity contribution in [2.45, 2.75) is 65.3 Å². The van der Waals surface area contributed by atoms with Crippen molar-refractivity contribution in [2.75, 3.05) is 40.6 Å². The first kappa shape index (κ1) is 35.0. The molecular weight excluding hydrogens is 556 g/mol. The highest BCUT2D eigenvalue weighted by atomic mass is 28.4. The summed E-state index contributed by atoms with van der Waals surface area (Å²) in [6.07, 6.45) is 9.41. The number of carbonyl (C=O) groups is 2. The second-order valence-corrected chi connectivity index (χ2v) is 12.1. The van der Waals surface area contributed by atoms with E-state index < -0.39 is 20.7 Å². The van der Waals surface area contributed by atoms with Crippen LogP contribution in [-0.4, -0.2) is 61.4 Å². The summed E-state index contributed by atoms with van der Waals surface area (Å²) in [4.78, 5) is 24.0. The van der Waals surface area contributed by atoms with Crippen LogP contribution in [0.15, 0.2) is 48.5 Å². The second-order valence-electron chi connectivity index (χ2n) is 9.38. The molecule has 2 aromatic carbocycles. The lowest BCUT2D eigenvalue weighted by molar-refractivity contribution is -0.134. The number of methoxy groups -OCH3 is 2. The number of esters is 2. The average Bonchev–Trinajstić information content (AvgIpc) is 3.00. The van der Waals surface area contributed by atoms with Crippen molar-refractivity contribution in [2.24, 2.45) is 0 Å². The second kappa shape index (κ2) is 19.9. The van der Waals surface area contributed by atoms with Gasteiger partial charge in [0.25, 0.3) is 0 Å². The molecule has 0 N–H and O–H groups in total. The van der Waals surface area contributed by atoms with Crippen LogP contribution in [0.1, 0.15) is 75.2 Å². The molecular formula is C32H46O9Si. The normalized spacial score (nSPS) is 11.5. The Bertz CT molecular complexity index is 1080. The van der Waals surface area contributed by atoms with Crippen LogP contribution in [0.2, 0.25) is 6.04 Å². The number of hydrogen-bond donors (Lipinski definition) is 0. The molecule has 0 amide bonds. The number of unbranched alkanes of at least 4 members (excludes halogenated alkanes) is 5. The quantitative estimate of drug-likeness (QED) is 0.0498. The Kier molecular flexibility index (Phi) is 16.5. The van der Waals surface area contributed by atoms with Gasteiger partial charge in [-0.25, -0.2) is 9.59 Å². The van der Waals surface area contributed by atoms with Crippen LogP contribution in [0.5, 0.6) is 17.2 Å². The summed E-state index contributed by atoms with van der Waals surface area (Å²) in [6.45, 7) is 8.42. The Morgan fingerprint density at radius 2 is 1.38 bits per heavy atom. The topological polar surface area (TPSA) is 98.8 Å². The summed E-state index contributed by atoms with van der Waals surface area (Å²) < 4.78 is 39.1. The molecule has 0 bridgehead atoms. The molecule has 0 unspecified atom stereocenters. The van der Waals surface area contributed by atoms with Gasteiger partial charge in [-0.15, -0.1) is 0 Å². The monoisotopic (exact) mass is 602 g/mol. The van der Waals surface area contributed by atoms with Crippen LogP contribution in [0.4, 0.5) is 0 Å². The third-order valence-corrected chi connectivity index (χ3v) is 9.48. The van der Waals surface area contributed by atoms with Gasteiger partial charge in [0.1, 0.15) is 5.75 Å². The fraction of sp³-hybridized carbons (Fsp3) is 0.500. The van der Waals surface area contributed by atoms with Gasteiger partial charge in [0, 0.05) is 31.9 Å². The highest BCUT2D eigenvalue weighted by Gasteiger charge is 2.39. The predicted octanol–water partition coefficient (Wildman–Crippen LogP) is 6.87. The Labute approximate surface area is 251 Å². The molecule has 2 rings (SSSR count). The van der Waals surface area contributed by atoms with Crippen LogP contribution in [0, 0.1) is 0 Å². The number of benzene rings is 2. The SMILES string of the molecule is CCO[Si](CCCCCCCCOc1ccc(C(=O)Oc2ccc(/C=C/C(=O)OC)cc2OC)cc1)(OCC)OCC. The maximum Gasteiger partial charge on any atom is 0.500 e. The third-order valence-electron chi connectivity index (χ3n) is 6.33. The maximum atomic E-state index is 12.7. The lowest BCUT2D eigenvalue weighted by Crippen LogP contribution is -2.45. The van der Waals surface area contributed by atoms with Crippen LogP contribution in [0.25, 0.3) is 6.08 Å². The van der Waals surface area contributed by atoms with E-state index in [0.717, 1.165) is 44.6 Å².